The Labute approximate surface area is 155 Å². The third-order valence-electron chi connectivity index (χ3n) is 5.77. The van der Waals surface area contributed by atoms with Gasteiger partial charge in [-0.2, -0.15) is 0 Å². The lowest BCUT2D eigenvalue weighted by Gasteiger charge is -2.37. The van der Waals surface area contributed by atoms with E-state index in [9.17, 15) is 13.2 Å². The number of benzene rings is 2. The van der Waals surface area contributed by atoms with Crippen LogP contribution in [-0.4, -0.2) is 14.2 Å². The zero-order valence-electron chi connectivity index (χ0n) is 15.4. The van der Waals surface area contributed by atoms with Gasteiger partial charge in [-0.25, -0.2) is 13.1 Å². The Hall–Kier alpha value is -1.98. The average Bonchev–Trinajstić information content (AvgIpc) is 2.89. The highest BCUT2D eigenvalue weighted by molar-refractivity contribution is 7.89. The molecule has 4 nitrogen and oxygen atoms in total. The van der Waals surface area contributed by atoms with Crippen molar-refractivity contribution in [3.05, 3.63) is 65.7 Å². The third kappa shape index (κ3) is 3.33. The molecule has 1 N–H and O–H groups in total. The van der Waals surface area contributed by atoms with Gasteiger partial charge in [0.05, 0.1) is 10.9 Å². The first-order valence-electron chi connectivity index (χ1n) is 8.92. The maximum absolute atomic E-state index is 13.0. The average molecular weight is 372 g/mol. The summed E-state index contributed by atoms with van der Waals surface area (Å²) in [6.45, 7) is 5.83. The van der Waals surface area contributed by atoms with Crippen molar-refractivity contribution in [1.82, 2.24) is 4.72 Å². The minimum absolute atomic E-state index is 0.0981. The summed E-state index contributed by atoms with van der Waals surface area (Å²) in [7, 11) is -3.75. The maximum atomic E-state index is 13.0. The first kappa shape index (κ1) is 18.8. The molecule has 1 aliphatic rings. The summed E-state index contributed by atoms with van der Waals surface area (Å²) < 4.78 is 28.9. The molecule has 0 heterocycles. The summed E-state index contributed by atoms with van der Waals surface area (Å²) in [5, 5.41) is 0. The Kier molecular flexibility index (Phi) is 5.04. The van der Waals surface area contributed by atoms with Gasteiger partial charge in [0.15, 0.2) is 0 Å². The van der Waals surface area contributed by atoms with E-state index in [-0.39, 0.29) is 16.6 Å². The Morgan fingerprint density at radius 3 is 2.23 bits per heavy atom. The van der Waals surface area contributed by atoms with E-state index in [0.29, 0.717) is 6.42 Å². The number of Topliss-reactive ketones (excluding diaryl/α,β-unsaturated/α-hetero) is 1. The summed E-state index contributed by atoms with van der Waals surface area (Å²) in [5.74, 6) is 0.214. The van der Waals surface area contributed by atoms with Crippen molar-refractivity contribution < 1.29 is 13.2 Å². The number of nitrogens with one attached hydrogen (secondary N) is 1. The van der Waals surface area contributed by atoms with Gasteiger partial charge in [-0.3, -0.25) is 4.79 Å². The van der Waals surface area contributed by atoms with Crippen LogP contribution in [0.2, 0.25) is 0 Å². The van der Waals surface area contributed by atoms with E-state index < -0.39 is 21.5 Å². The molecule has 0 unspecified atom stereocenters. The van der Waals surface area contributed by atoms with Crippen LogP contribution in [0.25, 0.3) is 0 Å². The second kappa shape index (κ2) is 6.97. The quantitative estimate of drug-likeness (QED) is 0.863. The minimum atomic E-state index is -3.75. The molecule has 1 saturated carbocycles. The van der Waals surface area contributed by atoms with Gasteiger partial charge < -0.3 is 0 Å². The van der Waals surface area contributed by atoms with Crippen molar-refractivity contribution in [3.63, 3.8) is 0 Å². The number of hydrogen-bond acceptors (Lipinski definition) is 3. The Morgan fingerprint density at radius 1 is 1.08 bits per heavy atom. The molecule has 0 amide bonds. The van der Waals surface area contributed by atoms with E-state index in [1.807, 2.05) is 51.1 Å². The van der Waals surface area contributed by atoms with Gasteiger partial charge >= 0.3 is 0 Å². The standard InChI is InChI=1S/C21H25NO3S/c1-15-9-12-18(13-10-15)26(24,25)22-20(17-7-5-4-6-8-17)21(3)16(2)11-14-19(21)23/h4-10,12-13,16,20,22H,11,14H2,1-3H3/t16-,20+,21+/m0/s1. The largest absolute Gasteiger partial charge is 0.299 e. The molecule has 0 aliphatic heterocycles. The van der Waals surface area contributed by atoms with Crippen LogP contribution in [0.3, 0.4) is 0 Å². The second-order valence-corrected chi connectivity index (χ2v) is 9.14. The number of carbonyl (C=O) groups is 1. The molecule has 0 saturated heterocycles. The highest BCUT2D eigenvalue weighted by Crippen LogP contribution is 2.49. The van der Waals surface area contributed by atoms with E-state index in [2.05, 4.69) is 4.72 Å². The Balaban J connectivity index is 2.05. The van der Waals surface area contributed by atoms with Crippen LogP contribution in [0.1, 0.15) is 43.9 Å². The summed E-state index contributed by atoms with van der Waals surface area (Å²) in [6, 6.07) is 15.5. The van der Waals surface area contributed by atoms with Crippen molar-refractivity contribution in [2.75, 3.05) is 0 Å². The topological polar surface area (TPSA) is 63.2 Å². The van der Waals surface area contributed by atoms with Gasteiger partial charge in [0.25, 0.3) is 0 Å². The van der Waals surface area contributed by atoms with Gasteiger partial charge in [-0.05, 0) is 37.0 Å². The lowest BCUT2D eigenvalue weighted by molar-refractivity contribution is -0.127. The lowest BCUT2D eigenvalue weighted by Crippen LogP contribution is -2.44. The number of rotatable bonds is 5. The van der Waals surface area contributed by atoms with Crippen molar-refractivity contribution in [2.45, 2.75) is 44.6 Å². The lowest BCUT2D eigenvalue weighted by atomic mass is 9.71. The molecular weight excluding hydrogens is 346 g/mol. The first-order valence-corrected chi connectivity index (χ1v) is 10.4. The monoisotopic (exact) mass is 371 g/mol. The second-order valence-electron chi connectivity index (χ2n) is 7.42. The third-order valence-corrected chi connectivity index (χ3v) is 7.20. The Bertz CT molecular complexity index is 891. The first-order chi connectivity index (χ1) is 12.2. The van der Waals surface area contributed by atoms with Crippen molar-refractivity contribution in [3.8, 4) is 0 Å². The molecule has 3 atom stereocenters. The van der Waals surface area contributed by atoms with Crippen molar-refractivity contribution >= 4 is 15.8 Å². The summed E-state index contributed by atoms with van der Waals surface area (Å²) >= 11 is 0. The fourth-order valence-electron chi connectivity index (χ4n) is 3.76. The van der Waals surface area contributed by atoms with Crippen LogP contribution < -0.4 is 4.72 Å². The van der Waals surface area contributed by atoms with Crippen molar-refractivity contribution in [1.29, 1.82) is 0 Å². The van der Waals surface area contributed by atoms with Gasteiger partial charge in [-0.15, -0.1) is 0 Å². The molecule has 0 aromatic heterocycles. The van der Waals surface area contributed by atoms with Crippen molar-refractivity contribution in [2.24, 2.45) is 11.3 Å². The molecule has 0 spiro atoms. The van der Waals surface area contributed by atoms with Gasteiger partial charge in [0.1, 0.15) is 5.78 Å². The molecule has 5 heteroatoms. The molecule has 0 radical (unpaired) electrons. The zero-order chi connectivity index (χ0) is 18.9. The SMILES string of the molecule is Cc1ccc(S(=O)(=O)N[C@H](c2ccccc2)[C@@]2(C)C(=O)CC[C@@H]2C)cc1. The summed E-state index contributed by atoms with van der Waals surface area (Å²) in [5.41, 5.74) is 1.04. The summed E-state index contributed by atoms with van der Waals surface area (Å²) in [6.07, 6.45) is 1.28. The molecule has 26 heavy (non-hydrogen) atoms. The maximum Gasteiger partial charge on any atom is 0.241 e. The molecule has 0 bridgehead atoms. The smallest absolute Gasteiger partial charge is 0.241 e. The van der Waals surface area contributed by atoms with E-state index >= 15 is 0 Å². The van der Waals surface area contributed by atoms with Crippen LogP contribution in [0.5, 0.6) is 0 Å². The van der Waals surface area contributed by atoms with E-state index in [0.717, 1.165) is 17.5 Å². The fraction of sp³-hybridized carbons (Fsp3) is 0.381. The number of ketones is 1. The number of aryl methyl sites for hydroxylation is 1. The highest BCUT2D eigenvalue weighted by atomic mass is 32.2. The van der Waals surface area contributed by atoms with E-state index in [4.69, 9.17) is 0 Å². The van der Waals surface area contributed by atoms with Gasteiger partial charge in [0, 0.05) is 11.8 Å². The van der Waals surface area contributed by atoms with Crippen LogP contribution >= 0.6 is 0 Å². The normalized spacial score (nSPS) is 24.6. The van der Waals surface area contributed by atoms with Crippen LogP contribution in [0.15, 0.2) is 59.5 Å². The van der Waals surface area contributed by atoms with E-state index in [1.54, 1.807) is 24.3 Å². The number of carbonyl (C=O) groups excluding carboxylic acids is 1. The number of hydrogen-bond donors (Lipinski definition) is 1. The van der Waals surface area contributed by atoms with Crippen LogP contribution in [0, 0.1) is 18.3 Å². The molecule has 138 valence electrons. The Morgan fingerprint density at radius 2 is 1.69 bits per heavy atom. The zero-order valence-corrected chi connectivity index (χ0v) is 16.2. The fourth-order valence-corrected chi connectivity index (χ4v) is 5.08. The van der Waals surface area contributed by atoms with Gasteiger partial charge in [-0.1, -0.05) is 61.9 Å². The predicted molar refractivity (Wildman–Crippen MR) is 102 cm³/mol. The van der Waals surface area contributed by atoms with Crippen LogP contribution in [-0.2, 0) is 14.8 Å². The predicted octanol–water partition coefficient (Wildman–Crippen LogP) is 4.02. The number of sulfonamides is 1. The molecule has 1 aliphatic carbocycles. The molecule has 3 rings (SSSR count). The molecule has 1 fully saturated rings. The molecule has 2 aromatic carbocycles. The molecule has 2 aromatic rings. The summed E-state index contributed by atoms with van der Waals surface area (Å²) in [4.78, 5) is 13.0. The van der Waals surface area contributed by atoms with Gasteiger partial charge in [0.2, 0.25) is 10.0 Å². The highest BCUT2D eigenvalue weighted by Gasteiger charge is 2.50. The molecular formula is C21H25NO3S. The minimum Gasteiger partial charge on any atom is -0.299 e. The van der Waals surface area contributed by atoms with E-state index in [1.165, 1.54) is 0 Å². The van der Waals surface area contributed by atoms with Crippen LogP contribution in [0.4, 0.5) is 0 Å².